The van der Waals surface area contributed by atoms with Gasteiger partial charge >= 0.3 is 0 Å². The van der Waals surface area contributed by atoms with Crippen LogP contribution in [0, 0.1) is 0 Å². The van der Waals surface area contributed by atoms with E-state index in [9.17, 15) is 5.11 Å². The van der Waals surface area contributed by atoms with Crippen LogP contribution in [0.25, 0.3) is 0 Å². The van der Waals surface area contributed by atoms with Crippen molar-refractivity contribution >= 4 is 0 Å². The summed E-state index contributed by atoms with van der Waals surface area (Å²) in [7, 11) is 0. The van der Waals surface area contributed by atoms with Crippen molar-refractivity contribution in [1.82, 2.24) is 10.2 Å². The van der Waals surface area contributed by atoms with E-state index in [0.29, 0.717) is 12.1 Å². The van der Waals surface area contributed by atoms with E-state index in [0.717, 1.165) is 32.5 Å². The number of hydrogen-bond donors (Lipinski definition) is 2. The number of likely N-dealkylation sites (tertiary alicyclic amines) is 1. The molecule has 2 aliphatic heterocycles. The number of nitrogens with one attached hydrogen (secondary N) is 1. The maximum atomic E-state index is 10.3. The minimum absolute atomic E-state index is 0.397. The van der Waals surface area contributed by atoms with E-state index >= 15 is 0 Å². The quantitative estimate of drug-likeness (QED) is 0.611. The zero-order valence-corrected chi connectivity index (χ0v) is 8.58. The van der Waals surface area contributed by atoms with Crippen molar-refractivity contribution in [2.45, 2.75) is 44.4 Å². The summed E-state index contributed by atoms with van der Waals surface area (Å²) in [6.07, 6.45) is 2.03. The van der Waals surface area contributed by atoms with E-state index in [2.05, 4.69) is 24.1 Å². The number of β-amino-alcohol motifs (C(OH)–C–C–N with tert-alkyl or cyclic N) is 1. The van der Waals surface area contributed by atoms with Crippen LogP contribution in [0.4, 0.5) is 0 Å². The number of fused-ring (bicyclic) bond motifs is 1. The zero-order valence-electron chi connectivity index (χ0n) is 8.58. The average molecular weight is 184 g/mol. The Labute approximate surface area is 80.1 Å². The van der Waals surface area contributed by atoms with E-state index in [4.69, 9.17) is 0 Å². The van der Waals surface area contributed by atoms with Crippen LogP contribution in [0.2, 0.25) is 0 Å². The lowest BCUT2D eigenvalue weighted by Gasteiger charge is -2.39. The molecule has 0 aromatic carbocycles. The summed E-state index contributed by atoms with van der Waals surface area (Å²) in [6.45, 7) is 7.32. The van der Waals surface area contributed by atoms with E-state index in [1.54, 1.807) is 0 Å². The van der Waals surface area contributed by atoms with Crippen molar-refractivity contribution in [2.24, 2.45) is 0 Å². The van der Waals surface area contributed by atoms with Crippen LogP contribution < -0.4 is 5.32 Å². The molecule has 0 saturated carbocycles. The van der Waals surface area contributed by atoms with Gasteiger partial charge in [-0.1, -0.05) is 0 Å². The van der Waals surface area contributed by atoms with Crippen molar-refractivity contribution in [1.29, 1.82) is 0 Å². The molecule has 0 aromatic heterocycles. The van der Waals surface area contributed by atoms with Crippen LogP contribution in [0.5, 0.6) is 0 Å². The fraction of sp³-hybridized carbons (Fsp3) is 1.00. The van der Waals surface area contributed by atoms with Gasteiger partial charge in [0.25, 0.3) is 0 Å². The zero-order chi connectivity index (χ0) is 9.47. The molecule has 0 unspecified atom stereocenters. The Hall–Kier alpha value is -0.120. The molecule has 2 saturated heterocycles. The van der Waals surface area contributed by atoms with E-state index in [-0.39, 0.29) is 0 Å². The highest BCUT2D eigenvalue weighted by Gasteiger charge is 2.47. The van der Waals surface area contributed by atoms with Crippen LogP contribution in [0.3, 0.4) is 0 Å². The topological polar surface area (TPSA) is 35.5 Å². The Morgan fingerprint density at radius 2 is 2.31 bits per heavy atom. The summed E-state index contributed by atoms with van der Waals surface area (Å²) in [5.74, 6) is 0. The lowest BCUT2D eigenvalue weighted by atomic mass is 9.89. The van der Waals surface area contributed by atoms with Gasteiger partial charge in [0.15, 0.2) is 0 Å². The van der Waals surface area contributed by atoms with Gasteiger partial charge in [-0.15, -0.1) is 0 Å². The van der Waals surface area contributed by atoms with Gasteiger partial charge in [0.05, 0.1) is 5.60 Å². The molecule has 2 fully saturated rings. The molecular formula is C10H20N2O. The van der Waals surface area contributed by atoms with Gasteiger partial charge in [-0.05, 0) is 33.2 Å². The monoisotopic (exact) mass is 184 g/mol. The number of aliphatic hydroxyl groups is 1. The van der Waals surface area contributed by atoms with Crippen LogP contribution >= 0.6 is 0 Å². The van der Waals surface area contributed by atoms with Gasteiger partial charge in [0.1, 0.15) is 0 Å². The van der Waals surface area contributed by atoms with Gasteiger partial charge in [-0.3, -0.25) is 4.90 Å². The van der Waals surface area contributed by atoms with Crippen molar-refractivity contribution < 1.29 is 5.11 Å². The molecule has 2 N–H and O–H groups in total. The molecule has 2 aliphatic rings. The van der Waals surface area contributed by atoms with E-state index in [1.807, 2.05) is 0 Å². The third kappa shape index (κ3) is 1.49. The number of nitrogens with zero attached hydrogens (tertiary/aromatic N) is 1. The molecule has 0 bridgehead atoms. The normalized spacial score (nSPS) is 41.1. The van der Waals surface area contributed by atoms with Crippen LogP contribution in [0.1, 0.15) is 26.7 Å². The average Bonchev–Trinajstić information content (AvgIpc) is 2.41. The molecule has 0 aromatic rings. The lowest BCUT2D eigenvalue weighted by molar-refractivity contribution is -0.0199. The fourth-order valence-corrected chi connectivity index (χ4v) is 2.76. The summed E-state index contributed by atoms with van der Waals surface area (Å²) in [6, 6.07) is 0.964. The summed E-state index contributed by atoms with van der Waals surface area (Å²) >= 11 is 0. The van der Waals surface area contributed by atoms with E-state index < -0.39 is 5.60 Å². The second-order valence-electron chi connectivity index (χ2n) is 4.67. The van der Waals surface area contributed by atoms with Crippen LogP contribution in [0.15, 0.2) is 0 Å². The molecule has 76 valence electrons. The fourth-order valence-electron chi connectivity index (χ4n) is 2.76. The molecule has 0 aliphatic carbocycles. The standard InChI is InChI=1S/C10H20N2O/c1-8(2)12-6-4-10(13)7-11-5-3-9(10)12/h8-9,11,13H,3-7H2,1-2H3/t9-,10-/m0/s1. The minimum atomic E-state index is -0.442. The maximum absolute atomic E-state index is 10.3. The Morgan fingerprint density at radius 3 is 3.00 bits per heavy atom. The molecular weight excluding hydrogens is 164 g/mol. The molecule has 0 amide bonds. The summed E-state index contributed by atoms with van der Waals surface area (Å²) in [5.41, 5.74) is -0.442. The molecule has 2 rings (SSSR count). The number of piperidine rings is 1. The highest BCUT2D eigenvalue weighted by molar-refractivity contribution is 5.04. The second-order valence-corrected chi connectivity index (χ2v) is 4.67. The largest absolute Gasteiger partial charge is 0.387 e. The summed E-state index contributed by atoms with van der Waals surface area (Å²) < 4.78 is 0. The number of hydrogen-bond acceptors (Lipinski definition) is 3. The Kier molecular flexibility index (Phi) is 2.34. The first-order chi connectivity index (χ1) is 6.13. The summed E-state index contributed by atoms with van der Waals surface area (Å²) in [4.78, 5) is 2.45. The maximum Gasteiger partial charge on any atom is 0.0938 e. The van der Waals surface area contributed by atoms with Gasteiger partial charge in [-0.25, -0.2) is 0 Å². The predicted molar refractivity (Wildman–Crippen MR) is 52.7 cm³/mol. The van der Waals surface area contributed by atoms with Crippen molar-refractivity contribution in [2.75, 3.05) is 19.6 Å². The molecule has 13 heavy (non-hydrogen) atoms. The van der Waals surface area contributed by atoms with Gasteiger partial charge < -0.3 is 10.4 Å². The lowest BCUT2D eigenvalue weighted by Crippen LogP contribution is -2.57. The molecule has 2 atom stereocenters. The third-order valence-corrected chi connectivity index (χ3v) is 3.51. The first-order valence-electron chi connectivity index (χ1n) is 5.32. The van der Waals surface area contributed by atoms with Crippen LogP contribution in [-0.4, -0.2) is 47.3 Å². The Balaban J connectivity index is 2.12. The van der Waals surface area contributed by atoms with Crippen molar-refractivity contribution in [3.05, 3.63) is 0 Å². The second kappa shape index (κ2) is 3.23. The highest BCUT2D eigenvalue weighted by atomic mass is 16.3. The molecule has 2 heterocycles. The minimum Gasteiger partial charge on any atom is -0.387 e. The van der Waals surface area contributed by atoms with Gasteiger partial charge in [0.2, 0.25) is 0 Å². The Morgan fingerprint density at radius 1 is 1.54 bits per heavy atom. The SMILES string of the molecule is CC(C)N1CC[C@]2(O)CNCC[C@H]12. The van der Waals surface area contributed by atoms with Gasteiger partial charge in [-0.2, -0.15) is 0 Å². The first kappa shape index (κ1) is 9.44. The highest BCUT2D eigenvalue weighted by Crippen LogP contribution is 2.33. The van der Waals surface area contributed by atoms with E-state index in [1.165, 1.54) is 0 Å². The van der Waals surface area contributed by atoms with Crippen LogP contribution in [-0.2, 0) is 0 Å². The molecule has 0 spiro atoms. The first-order valence-corrected chi connectivity index (χ1v) is 5.32. The molecule has 3 heteroatoms. The number of rotatable bonds is 1. The van der Waals surface area contributed by atoms with Gasteiger partial charge in [0, 0.05) is 25.2 Å². The summed E-state index contributed by atoms with van der Waals surface area (Å²) in [5, 5.41) is 13.6. The smallest absolute Gasteiger partial charge is 0.0938 e. The molecule has 3 nitrogen and oxygen atoms in total. The van der Waals surface area contributed by atoms with Crippen molar-refractivity contribution in [3.63, 3.8) is 0 Å². The molecule has 0 radical (unpaired) electrons. The van der Waals surface area contributed by atoms with Crippen molar-refractivity contribution in [3.8, 4) is 0 Å². The third-order valence-electron chi connectivity index (χ3n) is 3.51. The Bertz CT molecular complexity index is 195. The predicted octanol–water partition coefficient (Wildman–Crippen LogP) is 0.193.